The number of rotatable bonds is 3. The highest BCUT2D eigenvalue weighted by Gasteiger charge is 2.13. The molecule has 0 aliphatic rings. The van der Waals surface area contributed by atoms with E-state index < -0.39 is 0 Å². The molecule has 0 bridgehead atoms. The normalized spacial score (nSPS) is 10.9. The van der Waals surface area contributed by atoms with Gasteiger partial charge in [0.1, 0.15) is 0 Å². The number of hydrogen-bond acceptors (Lipinski definition) is 3. The van der Waals surface area contributed by atoms with Crippen LogP contribution in [-0.2, 0) is 0 Å². The molecule has 0 unspecified atom stereocenters. The third-order valence-corrected chi connectivity index (χ3v) is 5.09. The molecule has 0 spiro atoms. The van der Waals surface area contributed by atoms with E-state index >= 15 is 0 Å². The molecule has 4 aromatic rings. The Bertz CT molecular complexity index is 1170. The summed E-state index contributed by atoms with van der Waals surface area (Å²) in [7, 11) is 0. The molecule has 0 radical (unpaired) electrons. The summed E-state index contributed by atoms with van der Waals surface area (Å²) in [5, 5.41) is 3.32. The average molecular weight is 442 g/mol. The van der Waals surface area contributed by atoms with Crippen molar-refractivity contribution in [2.24, 2.45) is 0 Å². The maximum atomic E-state index is 12.6. The number of hydrogen-bond donors (Lipinski definition) is 1. The number of imidazole rings is 1. The largest absolute Gasteiger partial charge is 0.321 e. The molecule has 1 N–H and O–H groups in total. The molecule has 7 heteroatoms. The van der Waals surface area contributed by atoms with Crippen molar-refractivity contribution in [2.75, 3.05) is 5.32 Å². The Hall–Kier alpha value is -2.70. The lowest BCUT2D eigenvalue weighted by atomic mass is 10.1. The summed E-state index contributed by atoms with van der Waals surface area (Å²) in [6.07, 6.45) is 5.64. The first-order chi connectivity index (χ1) is 13.0. The molecule has 0 saturated heterocycles. The predicted octanol–water partition coefficient (Wildman–Crippen LogP) is 5.37. The zero-order valence-electron chi connectivity index (χ0n) is 14.3. The summed E-state index contributed by atoms with van der Waals surface area (Å²) < 4.78 is 2.59. The smallest absolute Gasteiger partial charge is 0.256 e. The molecule has 4 rings (SSSR count). The number of nitrogens with one attached hydrogen (secondary N) is 1. The monoisotopic (exact) mass is 440 g/mol. The molecule has 134 valence electrons. The van der Waals surface area contributed by atoms with Crippen LogP contribution in [0, 0.1) is 6.92 Å². The van der Waals surface area contributed by atoms with E-state index in [9.17, 15) is 4.79 Å². The molecule has 0 aliphatic heterocycles. The van der Waals surface area contributed by atoms with E-state index in [1.165, 1.54) is 0 Å². The number of halogens is 2. The minimum atomic E-state index is -0.242. The fraction of sp³-hybridized carbons (Fsp3) is 0.0500. The van der Waals surface area contributed by atoms with E-state index in [2.05, 4.69) is 31.2 Å². The summed E-state index contributed by atoms with van der Waals surface area (Å²) in [4.78, 5) is 21.4. The SMILES string of the molecule is Cc1cnc2nc(-c3ccc(Cl)c(NC(=O)c4ccccc4Br)c3)cn2c1. The van der Waals surface area contributed by atoms with Gasteiger partial charge in [0.25, 0.3) is 5.91 Å². The molecule has 0 fully saturated rings. The van der Waals surface area contributed by atoms with Crippen LogP contribution < -0.4 is 5.32 Å². The fourth-order valence-electron chi connectivity index (χ4n) is 2.74. The lowest BCUT2D eigenvalue weighted by molar-refractivity contribution is 0.102. The highest BCUT2D eigenvalue weighted by molar-refractivity contribution is 9.10. The van der Waals surface area contributed by atoms with Gasteiger partial charge in [-0.1, -0.05) is 29.8 Å². The molecular weight excluding hydrogens is 428 g/mol. The number of aromatic nitrogens is 3. The minimum absolute atomic E-state index is 0.242. The Morgan fingerprint density at radius 3 is 2.81 bits per heavy atom. The number of benzene rings is 2. The van der Waals surface area contributed by atoms with Crippen LogP contribution >= 0.6 is 27.5 Å². The van der Waals surface area contributed by atoms with Crippen LogP contribution in [0.2, 0.25) is 5.02 Å². The first kappa shape index (κ1) is 17.7. The quantitative estimate of drug-likeness (QED) is 0.465. The third kappa shape index (κ3) is 3.59. The van der Waals surface area contributed by atoms with E-state index in [1.54, 1.807) is 18.3 Å². The molecule has 2 aromatic heterocycles. The molecular formula is C20H14BrClN4O. The summed E-state index contributed by atoms with van der Waals surface area (Å²) in [5.41, 5.74) is 3.69. The van der Waals surface area contributed by atoms with Crippen LogP contribution in [0.4, 0.5) is 5.69 Å². The van der Waals surface area contributed by atoms with Gasteiger partial charge in [-0.3, -0.25) is 9.20 Å². The van der Waals surface area contributed by atoms with E-state index in [0.717, 1.165) is 21.3 Å². The second-order valence-electron chi connectivity index (χ2n) is 6.09. The number of fused-ring (bicyclic) bond motifs is 1. The molecule has 1 amide bonds. The maximum Gasteiger partial charge on any atom is 0.256 e. The Morgan fingerprint density at radius 1 is 1.19 bits per heavy atom. The van der Waals surface area contributed by atoms with Gasteiger partial charge in [-0.2, -0.15) is 0 Å². The maximum absolute atomic E-state index is 12.6. The van der Waals surface area contributed by atoms with E-state index in [1.807, 2.05) is 54.0 Å². The van der Waals surface area contributed by atoms with Crippen LogP contribution in [0.15, 0.2) is 65.5 Å². The van der Waals surface area contributed by atoms with Crippen LogP contribution in [0.3, 0.4) is 0 Å². The molecule has 0 aliphatic carbocycles. The van der Waals surface area contributed by atoms with Crippen LogP contribution in [0.5, 0.6) is 0 Å². The zero-order chi connectivity index (χ0) is 19.0. The van der Waals surface area contributed by atoms with Gasteiger partial charge in [0.15, 0.2) is 0 Å². The van der Waals surface area contributed by atoms with Crippen molar-refractivity contribution in [3.63, 3.8) is 0 Å². The van der Waals surface area contributed by atoms with Crippen molar-refractivity contribution in [3.05, 3.63) is 81.7 Å². The lowest BCUT2D eigenvalue weighted by Crippen LogP contribution is -2.12. The third-order valence-electron chi connectivity index (χ3n) is 4.07. The van der Waals surface area contributed by atoms with Gasteiger partial charge >= 0.3 is 0 Å². The van der Waals surface area contributed by atoms with Crippen LogP contribution in [0.25, 0.3) is 17.0 Å². The topological polar surface area (TPSA) is 59.3 Å². The number of nitrogens with zero attached hydrogens (tertiary/aromatic N) is 3. The van der Waals surface area contributed by atoms with Crippen molar-refractivity contribution in [3.8, 4) is 11.3 Å². The van der Waals surface area contributed by atoms with Crippen LogP contribution in [0.1, 0.15) is 15.9 Å². The predicted molar refractivity (Wildman–Crippen MR) is 110 cm³/mol. The van der Waals surface area contributed by atoms with Crippen molar-refractivity contribution in [1.82, 2.24) is 14.4 Å². The Kier molecular flexibility index (Phi) is 4.68. The summed E-state index contributed by atoms with van der Waals surface area (Å²) in [6, 6.07) is 12.6. The zero-order valence-corrected chi connectivity index (χ0v) is 16.6. The van der Waals surface area contributed by atoms with Gasteiger partial charge in [0.05, 0.1) is 22.0 Å². The second-order valence-corrected chi connectivity index (χ2v) is 7.35. The molecule has 27 heavy (non-hydrogen) atoms. The number of carbonyl (C=O) groups is 1. The Balaban J connectivity index is 1.68. The lowest BCUT2D eigenvalue weighted by Gasteiger charge is -2.10. The summed E-state index contributed by atoms with van der Waals surface area (Å²) in [6.45, 7) is 1.98. The molecule has 0 atom stereocenters. The molecule has 2 heterocycles. The minimum Gasteiger partial charge on any atom is -0.321 e. The van der Waals surface area contributed by atoms with Gasteiger partial charge in [0, 0.05) is 28.6 Å². The molecule has 2 aromatic carbocycles. The van der Waals surface area contributed by atoms with Crippen LogP contribution in [-0.4, -0.2) is 20.3 Å². The number of anilines is 1. The molecule has 0 saturated carbocycles. The van der Waals surface area contributed by atoms with Crippen molar-refractivity contribution in [1.29, 1.82) is 0 Å². The standard InChI is InChI=1S/C20H14BrClN4O/c1-12-9-23-20-25-18(11-26(20)10-12)13-6-7-16(22)17(8-13)24-19(27)14-4-2-3-5-15(14)21/h2-11H,1H3,(H,24,27). The highest BCUT2D eigenvalue weighted by atomic mass is 79.9. The van der Waals surface area contributed by atoms with Gasteiger partial charge in [0.2, 0.25) is 5.78 Å². The van der Waals surface area contributed by atoms with E-state index in [4.69, 9.17) is 11.6 Å². The average Bonchev–Trinajstić information content (AvgIpc) is 3.07. The van der Waals surface area contributed by atoms with Crippen molar-refractivity contribution < 1.29 is 4.79 Å². The van der Waals surface area contributed by atoms with Gasteiger partial charge in [-0.25, -0.2) is 9.97 Å². The Morgan fingerprint density at radius 2 is 2.00 bits per heavy atom. The van der Waals surface area contributed by atoms with Gasteiger partial charge in [-0.15, -0.1) is 0 Å². The summed E-state index contributed by atoms with van der Waals surface area (Å²) >= 11 is 9.68. The summed E-state index contributed by atoms with van der Waals surface area (Å²) in [5.74, 6) is 0.373. The van der Waals surface area contributed by atoms with Gasteiger partial charge in [-0.05, 0) is 52.7 Å². The Labute approximate surface area is 169 Å². The first-order valence-corrected chi connectivity index (χ1v) is 9.35. The molecule has 5 nitrogen and oxygen atoms in total. The first-order valence-electron chi connectivity index (χ1n) is 8.18. The number of carbonyl (C=O) groups excluding carboxylic acids is 1. The number of amides is 1. The van der Waals surface area contributed by atoms with Gasteiger partial charge < -0.3 is 5.32 Å². The van der Waals surface area contributed by atoms with Crippen molar-refractivity contribution >= 4 is 44.9 Å². The number of aryl methyl sites for hydroxylation is 1. The fourth-order valence-corrected chi connectivity index (χ4v) is 3.37. The van der Waals surface area contributed by atoms with E-state index in [-0.39, 0.29) is 5.91 Å². The van der Waals surface area contributed by atoms with E-state index in [0.29, 0.717) is 22.1 Å². The second kappa shape index (κ2) is 7.13. The van der Waals surface area contributed by atoms with Crippen molar-refractivity contribution in [2.45, 2.75) is 6.92 Å². The highest BCUT2D eigenvalue weighted by Crippen LogP contribution is 2.29.